The highest BCUT2D eigenvalue weighted by Crippen LogP contribution is 2.17. The van der Waals surface area contributed by atoms with Gasteiger partial charge in [0.25, 0.3) is 5.91 Å². The predicted molar refractivity (Wildman–Crippen MR) is 91.6 cm³/mol. The smallest absolute Gasteiger partial charge is 0.338 e. The van der Waals surface area contributed by atoms with Crippen LogP contribution in [0.3, 0.4) is 0 Å². The van der Waals surface area contributed by atoms with Gasteiger partial charge in [-0.1, -0.05) is 17.7 Å². The zero-order chi connectivity index (χ0) is 17.4. The molecule has 0 spiro atoms. The van der Waals surface area contributed by atoms with Gasteiger partial charge in [-0.25, -0.2) is 9.18 Å². The maximum atomic E-state index is 12.8. The molecule has 0 unspecified atom stereocenters. The van der Waals surface area contributed by atoms with E-state index in [1.807, 2.05) is 31.2 Å². The van der Waals surface area contributed by atoms with Gasteiger partial charge in [-0.2, -0.15) is 0 Å². The van der Waals surface area contributed by atoms with Crippen LogP contribution in [0.2, 0.25) is 0 Å². The van der Waals surface area contributed by atoms with Crippen molar-refractivity contribution in [3.05, 3.63) is 65.5 Å². The molecule has 0 saturated carbocycles. The summed E-state index contributed by atoms with van der Waals surface area (Å²) in [4.78, 5) is 24.4. The second-order valence-electron chi connectivity index (χ2n) is 5.09. The van der Waals surface area contributed by atoms with Crippen LogP contribution in [-0.2, 0) is 9.53 Å². The molecule has 0 aliphatic carbocycles. The SMILES string of the molecule is Cc1ccc(SCCNC(=O)COC(=O)c2ccc(F)cc2)cc1. The fraction of sp³-hybridized carbons (Fsp3) is 0.222. The van der Waals surface area contributed by atoms with E-state index in [1.54, 1.807) is 11.8 Å². The molecule has 126 valence electrons. The Kier molecular flexibility index (Phi) is 6.81. The Bertz CT molecular complexity index is 686. The van der Waals surface area contributed by atoms with Gasteiger partial charge in [0.05, 0.1) is 5.56 Å². The first-order chi connectivity index (χ1) is 11.5. The number of carbonyl (C=O) groups excluding carboxylic acids is 2. The first kappa shape index (κ1) is 18.0. The van der Waals surface area contributed by atoms with E-state index in [4.69, 9.17) is 4.74 Å². The summed E-state index contributed by atoms with van der Waals surface area (Å²) in [5, 5.41) is 2.68. The molecular formula is C18H18FNO3S. The third kappa shape index (κ3) is 6.04. The van der Waals surface area contributed by atoms with Crippen molar-refractivity contribution in [3.63, 3.8) is 0 Å². The maximum Gasteiger partial charge on any atom is 0.338 e. The monoisotopic (exact) mass is 347 g/mol. The third-order valence-corrected chi connectivity index (χ3v) is 4.14. The molecule has 6 heteroatoms. The van der Waals surface area contributed by atoms with E-state index in [9.17, 15) is 14.0 Å². The van der Waals surface area contributed by atoms with Crippen molar-refractivity contribution in [2.24, 2.45) is 0 Å². The van der Waals surface area contributed by atoms with E-state index in [-0.39, 0.29) is 18.1 Å². The summed E-state index contributed by atoms with van der Waals surface area (Å²) in [5.74, 6) is -0.731. The van der Waals surface area contributed by atoms with Crippen molar-refractivity contribution in [1.82, 2.24) is 5.32 Å². The molecule has 0 atom stereocenters. The molecule has 2 aromatic rings. The van der Waals surface area contributed by atoms with Crippen LogP contribution < -0.4 is 5.32 Å². The molecule has 4 nitrogen and oxygen atoms in total. The fourth-order valence-electron chi connectivity index (χ4n) is 1.85. The minimum Gasteiger partial charge on any atom is -0.452 e. The summed E-state index contributed by atoms with van der Waals surface area (Å²) in [7, 11) is 0. The molecule has 0 fully saturated rings. The van der Waals surface area contributed by atoms with Crippen LogP contribution in [0.4, 0.5) is 4.39 Å². The second kappa shape index (κ2) is 9.08. The average Bonchev–Trinajstić information content (AvgIpc) is 2.59. The Morgan fingerprint density at radius 2 is 1.75 bits per heavy atom. The molecular weight excluding hydrogens is 329 g/mol. The lowest BCUT2D eigenvalue weighted by atomic mass is 10.2. The lowest BCUT2D eigenvalue weighted by Crippen LogP contribution is -2.30. The number of hydrogen-bond donors (Lipinski definition) is 1. The minimum absolute atomic E-state index is 0.208. The van der Waals surface area contributed by atoms with E-state index in [0.29, 0.717) is 6.54 Å². The number of halogens is 1. The number of ether oxygens (including phenoxy) is 1. The lowest BCUT2D eigenvalue weighted by Gasteiger charge is -2.07. The number of rotatable bonds is 7. The van der Waals surface area contributed by atoms with Crippen LogP contribution >= 0.6 is 11.8 Å². The molecule has 2 aromatic carbocycles. The summed E-state index contributed by atoms with van der Waals surface area (Å²) in [5.41, 5.74) is 1.41. The first-order valence-electron chi connectivity index (χ1n) is 7.43. The molecule has 1 N–H and O–H groups in total. The number of thioether (sulfide) groups is 1. The number of aryl methyl sites for hydroxylation is 1. The Balaban J connectivity index is 1.63. The number of benzene rings is 2. The molecule has 0 heterocycles. The second-order valence-corrected chi connectivity index (χ2v) is 6.26. The van der Waals surface area contributed by atoms with Gasteiger partial charge in [0.1, 0.15) is 5.82 Å². The van der Waals surface area contributed by atoms with Crippen LogP contribution in [0.1, 0.15) is 15.9 Å². The largest absolute Gasteiger partial charge is 0.452 e. The van der Waals surface area contributed by atoms with Crippen LogP contribution in [0.15, 0.2) is 53.4 Å². The molecule has 2 rings (SSSR count). The molecule has 0 aliphatic heterocycles. The highest BCUT2D eigenvalue weighted by atomic mass is 32.2. The van der Waals surface area contributed by atoms with Crippen molar-refractivity contribution in [2.75, 3.05) is 18.9 Å². The Morgan fingerprint density at radius 1 is 1.08 bits per heavy atom. The Morgan fingerprint density at radius 3 is 2.42 bits per heavy atom. The highest BCUT2D eigenvalue weighted by molar-refractivity contribution is 7.99. The average molecular weight is 347 g/mol. The van der Waals surface area contributed by atoms with E-state index in [2.05, 4.69) is 5.32 Å². The fourth-order valence-corrected chi connectivity index (χ4v) is 2.61. The molecule has 0 aliphatic rings. The summed E-state index contributed by atoms with van der Waals surface area (Å²) >= 11 is 1.64. The number of amides is 1. The van der Waals surface area contributed by atoms with Gasteiger partial charge < -0.3 is 10.1 Å². The number of nitrogens with one attached hydrogen (secondary N) is 1. The predicted octanol–water partition coefficient (Wildman–Crippen LogP) is 3.20. The topological polar surface area (TPSA) is 55.4 Å². The molecule has 0 radical (unpaired) electrons. The summed E-state index contributed by atoms with van der Waals surface area (Å²) in [6.45, 7) is 2.15. The minimum atomic E-state index is -0.654. The van der Waals surface area contributed by atoms with E-state index in [1.165, 1.54) is 29.8 Å². The first-order valence-corrected chi connectivity index (χ1v) is 8.42. The molecule has 1 amide bonds. The normalized spacial score (nSPS) is 10.2. The number of carbonyl (C=O) groups is 2. The van der Waals surface area contributed by atoms with Gasteiger partial charge in [0.2, 0.25) is 0 Å². The molecule has 0 aromatic heterocycles. The van der Waals surface area contributed by atoms with E-state index in [0.717, 1.165) is 10.6 Å². The van der Waals surface area contributed by atoms with E-state index < -0.39 is 11.8 Å². The van der Waals surface area contributed by atoms with Gasteiger partial charge in [-0.3, -0.25) is 4.79 Å². The molecule has 0 saturated heterocycles. The maximum absolute atomic E-state index is 12.8. The highest BCUT2D eigenvalue weighted by Gasteiger charge is 2.09. The van der Waals surface area contributed by atoms with Gasteiger partial charge >= 0.3 is 5.97 Å². The summed E-state index contributed by atoms with van der Waals surface area (Å²) in [6, 6.07) is 13.1. The molecule has 24 heavy (non-hydrogen) atoms. The Labute approximate surface area is 144 Å². The zero-order valence-corrected chi connectivity index (χ0v) is 14.1. The van der Waals surface area contributed by atoms with Crippen molar-refractivity contribution in [3.8, 4) is 0 Å². The zero-order valence-electron chi connectivity index (χ0n) is 13.3. The van der Waals surface area contributed by atoms with Gasteiger partial charge in [-0.15, -0.1) is 11.8 Å². The standard InChI is InChI=1S/C18H18FNO3S/c1-13-2-8-16(9-3-13)24-11-10-20-17(21)12-23-18(22)14-4-6-15(19)7-5-14/h2-9H,10-12H2,1H3,(H,20,21). The van der Waals surface area contributed by atoms with Crippen molar-refractivity contribution >= 4 is 23.6 Å². The van der Waals surface area contributed by atoms with Crippen LogP contribution in [0, 0.1) is 12.7 Å². The summed E-state index contributed by atoms with van der Waals surface area (Å²) < 4.78 is 17.6. The van der Waals surface area contributed by atoms with Gasteiger partial charge in [-0.05, 0) is 43.3 Å². The van der Waals surface area contributed by atoms with Crippen molar-refractivity contribution in [2.45, 2.75) is 11.8 Å². The van der Waals surface area contributed by atoms with Crippen molar-refractivity contribution < 1.29 is 18.7 Å². The Hall–Kier alpha value is -2.34. The summed E-state index contributed by atoms with van der Waals surface area (Å²) in [6.07, 6.45) is 0. The van der Waals surface area contributed by atoms with Crippen LogP contribution in [0.5, 0.6) is 0 Å². The van der Waals surface area contributed by atoms with Gasteiger partial charge in [0.15, 0.2) is 6.61 Å². The van der Waals surface area contributed by atoms with E-state index >= 15 is 0 Å². The number of esters is 1. The lowest BCUT2D eigenvalue weighted by molar-refractivity contribution is -0.124. The number of hydrogen-bond acceptors (Lipinski definition) is 4. The van der Waals surface area contributed by atoms with Gasteiger partial charge in [0, 0.05) is 17.2 Å². The van der Waals surface area contributed by atoms with Crippen LogP contribution in [0.25, 0.3) is 0 Å². The van der Waals surface area contributed by atoms with Crippen LogP contribution in [-0.4, -0.2) is 30.8 Å². The molecule has 0 bridgehead atoms. The third-order valence-electron chi connectivity index (χ3n) is 3.13. The van der Waals surface area contributed by atoms with Crippen molar-refractivity contribution in [1.29, 1.82) is 0 Å². The quantitative estimate of drug-likeness (QED) is 0.475.